The standard InChI is InChI=1S/C9H18N4/c1-7(2)8(5-10)4-9-6-13(3)12-11-9/h6-8H,4-5,10H2,1-3H3. The van der Waals surface area contributed by atoms with E-state index in [2.05, 4.69) is 24.2 Å². The lowest BCUT2D eigenvalue weighted by atomic mass is 9.92. The van der Waals surface area contributed by atoms with Crippen LogP contribution in [0.5, 0.6) is 0 Å². The minimum absolute atomic E-state index is 0.511. The monoisotopic (exact) mass is 182 g/mol. The van der Waals surface area contributed by atoms with Crippen LogP contribution in [0.2, 0.25) is 0 Å². The third kappa shape index (κ3) is 2.81. The maximum Gasteiger partial charge on any atom is 0.0830 e. The van der Waals surface area contributed by atoms with Gasteiger partial charge in [0.15, 0.2) is 0 Å². The first-order valence-electron chi connectivity index (χ1n) is 4.68. The Kier molecular flexibility index (Phi) is 3.42. The van der Waals surface area contributed by atoms with Gasteiger partial charge in [0.1, 0.15) is 0 Å². The Morgan fingerprint density at radius 1 is 1.54 bits per heavy atom. The minimum Gasteiger partial charge on any atom is -0.330 e. The molecule has 0 amide bonds. The largest absolute Gasteiger partial charge is 0.330 e. The summed E-state index contributed by atoms with van der Waals surface area (Å²) in [4.78, 5) is 0. The van der Waals surface area contributed by atoms with Gasteiger partial charge in [0, 0.05) is 13.2 Å². The molecule has 0 bridgehead atoms. The van der Waals surface area contributed by atoms with Crippen LogP contribution < -0.4 is 5.73 Å². The van der Waals surface area contributed by atoms with Gasteiger partial charge in [-0.15, -0.1) is 5.10 Å². The van der Waals surface area contributed by atoms with Crippen molar-refractivity contribution in [3.05, 3.63) is 11.9 Å². The summed E-state index contributed by atoms with van der Waals surface area (Å²) in [7, 11) is 1.88. The van der Waals surface area contributed by atoms with Crippen molar-refractivity contribution in [2.45, 2.75) is 20.3 Å². The smallest absolute Gasteiger partial charge is 0.0830 e. The van der Waals surface area contributed by atoms with Crippen molar-refractivity contribution in [2.75, 3.05) is 6.54 Å². The maximum atomic E-state index is 5.67. The van der Waals surface area contributed by atoms with Crippen molar-refractivity contribution in [1.82, 2.24) is 15.0 Å². The van der Waals surface area contributed by atoms with Gasteiger partial charge in [0.2, 0.25) is 0 Å². The lowest BCUT2D eigenvalue weighted by molar-refractivity contribution is 0.388. The van der Waals surface area contributed by atoms with Gasteiger partial charge in [-0.25, -0.2) is 0 Å². The average Bonchev–Trinajstić information content (AvgIpc) is 2.46. The molecule has 1 heterocycles. The fourth-order valence-electron chi connectivity index (χ4n) is 1.35. The van der Waals surface area contributed by atoms with E-state index in [-0.39, 0.29) is 0 Å². The summed E-state index contributed by atoms with van der Waals surface area (Å²) in [6.07, 6.45) is 2.88. The van der Waals surface area contributed by atoms with Gasteiger partial charge in [-0.2, -0.15) is 0 Å². The third-order valence-electron chi connectivity index (χ3n) is 2.37. The molecule has 0 aliphatic rings. The van der Waals surface area contributed by atoms with Gasteiger partial charge in [-0.3, -0.25) is 4.68 Å². The normalized spacial score (nSPS) is 13.6. The number of aromatic nitrogens is 3. The van der Waals surface area contributed by atoms with Crippen LogP contribution in [0.3, 0.4) is 0 Å². The molecular weight excluding hydrogens is 164 g/mol. The van der Waals surface area contributed by atoms with Gasteiger partial charge in [0.05, 0.1) is 5.69 Å². The predicted molar refractivity (Wildman–Crippen MR) is 52.1 cm³/mol. The van der Waals surface area contributed by atoms with E-state index in [1.807, 2.05) is 13.2 Å². The van der Waals surface area contributed by atoms with Gasteiger partial charge in [-0.05, 0) is 24.8 Å². The second-order valence-corrected chi connectivity index (χ2v) is 3.83. The summed E-state index contributed by atoms with van der Waals surface area (Å²) in [5.41, 5.74) is 6.71. The van der Waals surface area contributed by atoms with Gasteiger partial charge >= 0.3 is 0 Å². The van der Waals surface area contributed by atoms with Crippen molar-refractivity contribution in [1.29, 1.82) is 0 Å². The Balaban J connectivity index is 2.56. The Morgan fingerprint density at radius 2 is 2.23 bits per heavy atom. The molecule has 2 N–H and O–H groups in total. The average molecular weight is 182 g/mol. The summed E-state index contributed by atoms with van der Waals surface area (Å²) >= 11 is 0. The second kappa shape index (κ2) is 4.37. The number of nitrogens with zero attached hydrogens (tertiary/aromatic N) is 3. The first kappa shape index (κ1) is 10.2. The molecule has 1 atom stereocenters. The number of hydrogen-bond acceptors (Lipinski definition) is 3. The van der Waals surface area contributed by atoms with Crippen molar-refractivity contribution in [3.63, 3.8) is 0 Å². The highest BCUT2D eigenvalue weighted by molar-refractivity contribution is 4.94. The number of rotatable bonds is 4. The molecule has 1 rings (SSSR count). The lowest BCUT2D eigenvalue weighted by Crippen LogP contribution is -2.22. The molecule has 74 valence electrons. The molecule has 1 aromatic heterocycles. The first-order chi connectivity index (χ1) is 6.13. The summed E-state index contributed by atoms with van der Waals surface area (Å²) in [6, 6.07) is 0. The molecule has 1 aromatic rings. The van der Waals surface area contributed by atoms with Crippen molar-refractivity contribution >= 4 is 0 Å². The Labute approximate surface area is 79.1 Å². The number of aryl methyl sites for hydroxylation is 1. The van der Waals surface area contributed by atoms with E-state index in [1.165, 1.54) is 0 Å². The molecular formula is C9H18N4. The Bertz CT molecular complexity index is 254. The molecule has 0 saturated carbocycles. The summed E-state index contributed by atoms with van der Waals surface area (Å²) < 4.78 is 1.73. The minimum atomic E-state index is 0.511. The van der Waals surface area contributed by atoms with Gasteiger partial charge < -0.3 is 5.73 Å². The fraction of sp³-hybridized carbons (Fsp3) is 0.778. The summed E-state index contributed by atoms with van der Waals surface area (Å²) in [5.74, 6) is 1.11. The van der Waals surface area contributed by atoms with Crippen LogP contribution in [0.25, 0.3) is 0 Å². The predicted octanol–water partition coefficient (Wildman–Crippen LogP) is 0.588. The third-order valence-corrected chi connectivity index (χ3v) is 2.37. The highest BCUT2D eigenvalue weighted by Crippen LogP contribution is 2.13. The van der Waals surface area contributed by atoms with Crippen molar-refractivity contribution < 1.29 is 0 Å². The van der Waals surface area contributed by atoms with Crippen LogP contribution in [-0.4, -0.2) is 21.5 Å². The van der Waals surface area contributed by atoms with Crippen molar-refractivity contribution in [3.8, 4) is 0 Å². The summed E-state index contributed by atoms with van der Waals surface area (Å²) in [6.45, 7) is 5.09. The second-order valence-electron chi connectivity index (χ2n) is 3.83. The Morgan fingerprint density at radius 3 is 2.62 bits per heavy atom. The summed E-state index contributed by atoms with van der Waals surface area (Å²) in [5, 5.41) is 7.93. The van der Waals surface area contributed by atoms with E-state index >= 15 is 0 Å². The van der Waals surface area contributed by atoms with Crippen LogP contribution in [0.4, 0.5) is 0 Å². The van der Waals surface area contributed by atoms with Crippen LogP contribution in [0.1, 0.15) is 19.5 Å². The number of hydrogen-bond donors (Lipinski definition) is 1. The highest BCUT2D eigenvalue weighted by Gasteiger charge is 2.13. The first-order valence-corrected chi connectivity index (χ1v) is 4.68. The molecule has 0 aromatic carbocycles. The zero-order valence-electron chi connectivity index (χ0n) is 8.57. The van der Waals surface area contributed by atoms with E-state index in [0.717, 1.165) is 12.1 Å². The molecule has 4 heteroatoms. The SMILES string of the molecule is CC(C)C(CN)Cc1cn(C)nn1. The van der Waals surface area contributed by atoms with Crippen LogP contribution in [0.15, 0.2) is 6.20 Å². The quantitative estimate of drug-likeness (QED) is 0.741. The Hall–Kier alpha value is -0.900. The van der Waals surface area contributed by atoms with Crippen LogP contribution in [0, 0.1) is 11.8 Å². The van der Waals surface area contributed by atoms with Gasteiger partial charge in [-0.1, -0.05) is 19.1 Å². The van der Waals surface area contributed by atoms with Crippen molar-refractivity contribution in [2.24, 2.45) is 24.6 Å². The maximum absolute atomic E-state index is 5.67. The van der Waals surface area contributed by atoms with E-state index < -0.39 is 0 Å². The molecule has 0 radical (unpaired) electrons. The van der Waals surface area contributed by atoms with Gasteiger partial charge in [0.25, 0.3) is 0 Å². The van der Waals surface area contributed by atoms with E-state index in [4.69, 9.17) is 5.73 Å². The molecule has 0 fully saturated rings. The topological polar surface area (TPSA) is 56.7 Å². The van der Waals surface area contributed by atoms with Crippen LogP contribution >= 0.6 is 0 Å². The lowest BCUT2D eigenvalue weighted by Gasteiger charge is -2.16. The molecule has 1 unspecified atom stereocenters. The molecule has 4 nitrogen and oxygen atoms in total. The van der Waals surface area contributed by atoms with Crippen LogP contribution in [-0.2, 0) is 13.5 Å². The molecule has 13 heavy (non-hydrogen) atoms. The van der Waals surface area contributed by atoms with E-state index in [9.17, 15) is 0 Å². The molecule has 0 aliphatic carbocycles. The highest BCUT2D eigenvalue weighted by atomic mass is 15.4. The molecule has 0 saturated heterocycles. The fourth-order valence-corrected chi connectivity index (χ4v) is 1.35. The molecule has 0 aliphatic heterocycles. The zero-order valence-corrected chi connectivity index (χ0v) is 8.57. The number of nitrogens with two attached hydrogens (primary N) is 1. The van der Waals surface area contributed by atoms with E-state index in [0.29, 0.717) is 18.4 Å². The zero-order chi connectivity index (χ0) is 9.84. The molecule has 0 spiro atoms. The van der Waals surface area contributed by atoms with E-state index in [1.54, 1.807) is 4.68 Å².